The molecule has 0 aliphatic carbocycles. The van der Waals surface area contributed by atoms with Crippen molar-refractivity contribution in [2.75, 3.05) is 13.7 Å². The van der Waals surface area contributed by atoms with E-state index >= 15 is 0 Å². The van der Waals surface area contributed by atoms with Gasteiger partial charge >= 0.3 is 0 Å². The molecular formula is C27H29ClN2O6. The summed E-state index contributed by atoms with van der Waals surface area (Å²) in [6.45, 7) is 7.73. The van der Waals surface area contributed by atoms with E-state index in [0.717, 1.165) is 40.2 Å². The molecule has 4 rings (SSSR count). The Hall–Kier alpha value is -3.40. The van der Waals surface area contributed by atoms with Crippen LogP contribution in [0.25, 0.3) is 16.5 Å². The van der Waals surface area contributed by atoms with Gasteiger partial charge in [-0.1, -0.05) is 36.4 Å². The highest BCUT2D eigenvalue weighted by atomic mass is 35.7. The molecule has 8 nitrogen and oxygen atoms in total. The minimum atomic E-state index is -4.94. The quantitative estimate of drug-likeness (QED) is 0.356. The number of hydrogen-bond acceptors (Lipinski definition) is 6. The highest BCUT2D eigenvalue weighted by Gasteiger charge is 2.19. The molecule has 0 radical (unpaired) electrons. The zero-order valence-electron chi connectivity index (χ0n) is 20.6. The van der Waals surface area contributed by atoms with E-state index in [1.54, 1.807) is 7.11 Å². The molecule has 36 heavy (non-hydrogen) atoms. The Morgan fingerprint density at radius 1 is 0.806 bits per heavy atom. The summed E-state index contributed by atoms with van der Waals surface area (Å²) >= 11 is 0. The average molecular weight is 513 g/mol. The van der Waals surface area contributed by atoms with Crippen LogP contribution in [0.3, 0.4) is 0 Å². The third-order valence-electron chi connectivity index (χ3n) is 5.63. The van der Waals surface area contributed by atoms with Crippen LogP contribution in [0.2, 0.25) is 0 Å². The second-order valence-corrected chi connectivity index (χ2v) is 8.66. The Morgan fingerprint density at radius 2 is 1.42 bits per heavy atom. The normalized spacial score (nSPS) is 11.7. The molecule has 0 fully saturated rings. The summed E-state index contributed by atoms with van der Waals surface area (Å²) in [5.74, 6) is 1.75. The molecular weight excluding hydrogens is 484 g/mol. The minimum absolute atomic E-state index is 0.623. The standard InChI is InChI=1S/C27H28N2O2.ClHO4/c1-5-31-25-13-9-12-24(28-18-21-10-7-6-8-11-21)26-19(2)29(20(3)27(25)26)22-14-16-23(30-4)17-15-22;2-1(3,4)5/h6-17H,5,18H2,1-4H3;(H,2,3,4,5). The van der Waals surface area contributed by atoms with Crippen LogP contribution < -0.4 is 38.5 Å². The van der Waals surface area contributed by atoms with Crippen LogP contribution in [-0.2, 0) is 6.54 Å². The van der Waals surface area contributed by atoms with Gasteiger partial charge in [0.2, 0.25) is 5.36 Å². The Labute approximate surface area is 212 Å². The maximum absolute atomic E-state index is 8.49. The van der Waals surface area contributed by atoms with Gasteiger partial charge in [0.15, 0.2) is 6.54 Å². The lowest BCUT2D eigenvalue weighted by molar-refractivity contribution is -2.00. The number of hydrogen-bond donors (Lipinski definition) is 1. The van der Waals surface area contributed by atoms with Gasteiger partial charge in [0, 0.05) is 28.7 Å². The Balaban J connectivity index is 0.000000658. The molecule has 190 valence electrons. The topological polar surface area (TPSA) is 130 Å². The highest BCUT2D eigenvalue weighted by molar-refractivity contribution is 5.93. The first kappa shape index (κ1) is 27.2. The number of ether oxygens (including phenoxy) is 2. The molecule has 0 aliphatic rings. The Morgan fingerprint density at radius 3 is 2.00 bits per heavy atom. The third kappa shape index (κ3) is 6.84. The van der Waals surface area contributed by atoms with Crippen LogP contribution in [0.4, 0.5) is 0 Å². The number of halogens is 1. The predicted octanol–water partition coefficient (Wildman–Crippen LogP) is -0.920. The summed E-state index contributed by atoms with van der Waals surface area (Å²) in [6, 6.07) is 24.9. The van der Waals surface area contributed by atoms with Gasteiger partial charge in [0.25, 0.3) is 0 Å². The zero-order chi connectivity index (χ0) is 26.3. The summed E-state index contributed by atoms with van der Waals surface area (Å²) in [6.07, 6.45) is 0. The molecule has 1 aromatic heterocycles. The van der Waals surface area contributed by atoms with Gasteiger partial charge in [-0.15, -0.1) is 10.2 Å². The highest BCUT2D eigenvalue weighted by Crippen LogP contribution is 2.32. The number of nitrogens with one attached hydrogen (secondary N) is 1. The molecule has 0 unspecified atom stereocenters. The van der Waals surface area contributed by atoms with Gasteiger partial charge in [-0.2, -0.15) is 0 Å². The number of nitrogens with zero attached hydrogens (tertiary/aromatic N) is 1. The Kier molecular flexibility index (Phi) is 9.08. The van der Waals surface area contributed by atoms with Crippen LogP contribution in [0, 0.1) is 24.1 Å². The van der Waals surface area contributed by atoms with Crippen LogP contribution in [-0.4, -0.2) is 18.3 Å². The number of benzene rings is 2. The molecule has 3 aromatic carbocycles. The maximum Gasteiger partial charge on any atom is 0.208 e. The lowest BCUT2D eigenvalue weighted by Gasteiger charge is -2.17. The lowest BCUT2D eigenvalue weighted by atomic mass is 10.2. The zero-order valence-corrected chi connectivity index (χ0v) is 21.4. The number of aryl methyl sites for hydroxylation is 2. The molecule has 0 saturated heterocycles. The van der Waals surface area contributed by atoms with Crippen molar-refractivity contribution in [3.63, 3.8) is 0 Å². The van der Waals surface area contributed by atoms with Crippen LogP contribution >= 0.6 is 0 Å². The molecule has 0 aliphatic heterocycles. The summed E-state index contributed by atoms with van der Waals surface area (Å²) < 4.78 is 47.7. The average Bonchev–Trinajstić information content (AvgIpc) is 2.98. The number of aromatic nitrogens is 1. The monoisotopic (exact) mass is 512 g/mol. The van der Waals surface area contributed by atoms with Crippen molar-refractivity contribution < 1.29 is 43.3 Å². The SMILES string of the molecule is CCOc1cccc(=[NH+]Cc2ccccc2)c2c(C)n(-c3ccc(OC)cc3)c(C)c12.[O-][Cl+3]([O-])([O-])[O-]. The molecule has 1 N–H and O–H groups in total. The molecule has 9 heteroatoms. The van der Waals surface area contributed by atoms with E-state index in [-0.39, 0.29) is 0 Å². The molecule has 0 saturated carbocycles. The summed E-state index contributed by atoms with van der Waals surface area (Å²) in [5, 5.41) is 3.41. The summed E-state index contributed by atoms with van der Waals surface area (Å²) in [5.41, 5.74) is 4.67. The second kappa shape index (κ2) is 12.0. The fraction of sp³-hybridized carbons (Fsp3) is 0.222. The van der Waals surface area contributed by atoms with Crippen molar-refractivity contribution in [2.45, 2.75) is 27.3 Å². The number of methoxy groups -OCH3 is 1. The first-order valence-electron chi connectivity index (χ1n) is 11.3. The first-order valence-corrected chi connectivity index (χ1v) is 12.5. The fourth-order valence-electron chi connectivity index (χ4n) is 4.20. The van der Waals surface area contributed by atoms with Crippen molar-refractivity contribution >= 4 is 10.8 Å². The van der Waals surface area contributed by atoms with Gasteiger partial charge in [0.05, 0.1) is 24.5 Å². The van der Waals surface area contributed by atoms with Crippen molar-refractivity contribution in [2.24, 2.45) is 0 Å². The van der Waals surface area contributed by atoms with Crippen molar-refractivity contribution in [3.05, 3.63) is 95.1 Å². The molecule has 0 bridgehead atoms. The van der Waals surface area contributed by atoms with Crippen molar-refractivity contribution in [1.29, 1.82) is 0 Å². The predicted molar refractivity (Wildman–Crippen MR) is 125 cm³/mol. The molecule has 1 heterocycles. The van der Waals surface area contributed by atoms with E-state index in [1.807, 2.05) is 25.1 Å². The molecule has 0 amide bonds. The van der Waals surface area contributed by atoms with E-state index in [1.165, 1.54) is 16.6 Å². The van der Waals surface area contributed by atoms with E-state index in [9.17, 15) is 0 Å². The van der Waals surface area contributed by atoms with Crippen LogP contribution in [0.5, 0.6) is 11.5 Å². The van der Waals surface area contributed by atoms with Crippen LogP contribution in [0.1, 0.15) is 23.9 Å². The van der Waals surface area contributed by atoms with E-state index in [2.05, 4.69) is 78.0 Å². The van der Waals surface area contributed by atoms with Crippen molar-refractivity contribution in [3.8, 4) is 17.2 Å². The largest absolute Gasteiger partial charge is 0.497 e. The first-order chi connectivity index (χ1) is 17.1. The second-order valence-electron chi connectivity index (χ2n) is 7.91. The van der Waals surface area contributed by atoms with Crippen molar-refractivity contribution in [1.82, 2.24) is 4.57 Å². The molecule has 4 aromatic rings. The fourth-order valence-corrected chi connectivity index (χ4v) is 4.20. The molecule has 0 spiro atoms. The number of rotatable bonds is 6. The third-order valence-corrected chi connectivity index (χ3v) is 5.63. The van der Waals surface area contributed by atoms with Crippen LogP contribution in [0.15, 0.2) is 72.8 Å². The van der Waals surface area contributed by atoms with Gasteiger partial charge in [-0.05, 0) is 51.1 Å². The maximum atomic E-state index is 8.49. The summed E-state index contributed by atoms with van der Waals surface area (Å²) in [7, 11) is -3.26. The van der Waals surface area contributed by atoms with Gasteiger partial charge in [-0.3, -0.25) is 0 Å². The van der Waals surface area contributed by atoms with Gasteiger partial charge in [0.1, 0.15) is 11.5 Å². The number of fused-ring (bicyclic) bond motifs is 1. The minimum Gasteiger partial charge on any atom is -0.497 e. The van der Waals surface area contributed by atoms with E-state index in [4.69, 9.17) is 28.1 Å². The van der Waals surface area contributed by atoms with Gasteiger partial charge in [-0.25, -0.2) is 23.6 Å². The summed E-state index contributed by atoms with van der Waals surface area (Å²) in [4.78, 5) is 3.66. The molecule has 0 atom stereocenters. The smallest absolute Gasteiger partial charge is 0.208 e. The van der Waals surface area contributed by atoms with E-state index in [0.29, 0.717) is 6.61 Å². The van der Waals surface area contributed by atoms with Gasteiger partial charge < -0.3 is 14.0 Å². The Bertz CT molecular complexity index is 1360. The lowest BCUT2D eigenvalue weighted by Crippen LogP contribution is -2.74. The van der Waals surface area contributed by atoms with E-state index < -0.39 is 10.2 Å².